The average Bonchev–Trinajstić information content (AvgIpc) is 2.60. The van der Waals surface area contributed by atoms with Gasteiger partial charge >= 0.3 is 0 Å². The number of aryl methyl sites for hydroxylation is 2. The molecule has 0 unspecified atom stereocenters. The van der Waals surface area contributed by atoms with Crippen molar-refractivity contribution in [3.05, 3.63) is 59.2 Å². The van der Waals surface area contributed by atoms with Gasteiger partial charge in [0.2, 0.25) is 5.91 Å². The summed E-state index contributed by atoms with van der Waals surface area (Å²) in [4.78, 5) is 12.0. The van der Waals surface area contributed by atoms with E-state index in [0.29, 0.717) is 24.5 Å². The summed E-state index contributed by atoms with van der Waals surface area (Å²) in [7, 11) is 3.19. The van der Waals surface area contributed by atoms with Gasteiger partial charge in [0.05, 0.1) is 20.6 Å². The lowest BCUT2D eigenvalue weighted by Gasteiger charge is -2.10. The Labute approximate surface area is 143 Å². The highest BCUT2D eigenvalue weighted by Crippen LogP contribution is 2.27. The molecule has 4 nitrogen and oxygen atoms in total. The van der Waals surface area contributed by atoms with E-state index in [4.69, 9.17) is 9.47 Å². The van der Waals surface area contributed by atoms with E-state index in [1.807, 2.05) is 18.2 Å². The lowest BCUT2D eigenvalue weighted by Crippen LogP contribution is -2.26. The number of ether oxygens (including phenoxy) is 2. The molecule has 2 rings (SSSR count). The van der Waals surface area contributed by atoms with Crippen molar-refractivity contribution >= 4 is 5.91 Å². The van der Waals surface area contributed by atoms with E-state index in [1.165, 1.54) is 11.1 Å². The standard InChI is InChI=1S/C20H25NO3/c1-15-6-8-16(9-7-15)5-4-12-21-20(22)14-17-10-11-18(23-2)19(13-17)24-3/h6-11,13H,4-5,12,14H2,1-3H3,(H,21,22). The Kier molecular flexibility index (Phi) is 6.67. The summed E-state index contributed by atoms with van der Waals surface area (Å²) < 4.78 is 10.5. The van der Waals surface area contributed by atoms with E-state index >= 15 is 0 Å². The van der Waals surface area contributed by atoms with Crippen LogP contribution in [-0.4, -0.2) is 26.7 Å². The Morgan fingerprint density at radius 3 is 2.29 bits per heavy atom. The van der Waals surface area contributed by atoms with Crippen molar-refractivity contribution in [2.45, 2.75) is 26.2 Å². The van der Waals surface area contributed by atoms with E-state index in [2.05, 4.69) is 36.5 Å². The van der Waals surface area contributed by atoms with E-state index in [9.17, 15) is 4.79 Å². The maximum Gasteiger partial charge on any atom is 0.224 e. The van der Waals surface area contributed by atoms with Gasteiger partial charge in [-0.05, 0) is 43.0 Å². The molecular formula is C20H25NO3. The van der Waals surface area contributed by atoms with Gasteiger partial charge in [0.25, 0.3) is 0 Å². The third kappa shape index (κ3) is 5.30. The number of hydrogen-bond acceptors (Lipinski definition) is 3. The second-order valence-corrected chi connectivity index (χ2v) is 5.81. The van der Waals surface area contributed by atoms with Gasteiger partial charge in [-0.2, -0.15) is 0 Å². The first kappa shape index (κ1) is 17.9. The summed E-state index contributed by atoms with van der Waals surface area (Å²) in [6.07, 6.45) is 2.24. The summed E-state index contributed by atoms with van der Waals surface area (Å²) in [6, 6.07) is 14.0. The van der Waals surface area contributed by atoms with Crippen molar-refractivity contribution in [1.82, 2.24) is 5.32 Å². The third-order valence-electron chi connectivity index (χ3n) is 3.90. The first-order valence-corrected chi connectivity index (χ1v) is 8.15. The summed E-state index contributed by atoms with van der Waals surface area (Å²) in [5, 5.41) is 2.97. The molecule has 1 amide bonds. The molecule has 24 heavy (non-hydrogen) atoms. The maximum atomic E-state index is 12.0. The molecule has 0 radical (unpaired) electrons. The van der Waals surface area contributed by atoms with Gasteiger partial charge in [-0.1, -0.05) is 35.9 Å². The van der Waals surface area contributed by atoms with Crippen molar-refractivity contribution in [1.29, 1.82) is 0 Å². The van der Waals surface area contributed by atoms with Crippen molar-refractivity contribution in [3.63, 3.8) is 0 Å². The first-order chi connectivity index (χ1) is 11.6. The van der Waals surface area contributed by atoms with Gasteiger partial charge in [-0.3, -0.25) is 4.79 Å². The molecule has 128 valence electrons. The first-order valence-electron chi connectivity index (χ1n) is 8.15. The van der Waals surface area contributed by atoms with Crippen LogP contribution in [0.5, 0.6) is 11.5 Å². The van der Waals surface area contributed by atoms with Gasteiger partial charge in [-0.25, -0.2) is 0 Å². The SMILES string of the molecule is COc1ccc(CC(=O)NCCCc2ccc(C)cc2)cc1OC. The molecule has 0 saturated carbocycles. The highest BCUT2D eigenvalue weighted by Gasteiger charge is 2.08. The summed E-state index contributed by atoms with van der Waals surface area (Å²) >= 11 is 0. The molecule has 0 aromatic heterocycles. The summed E-state index contributed by atoms with van der Waals surface area (Å²) in [5.74, 6) is 1.33. The summed E-state index contributed by atoms with van der Waals surface area (Å²) in [6.45, 7) is 2.76. The maximum absolute atomic E-state index is 12.0. The lowest BCUT2D eigenvalue weighted by molar-refractivity contribution is -0.120. The molecule has 2 aromatic carbocycles. The second-order valence-electron chi connectivity index (χ2n) is 5.81. The number of methoxy groups -OCH3 is 2. The lowest BCUT2D eigenvalue weighted by atomic mass is 10.1. The second kappa shape index (κ2) is 8.96. The van der Waals surface area contributed by atoms with E-state index < -0.39 is 0 Å². The normalized spacial score (nSPS) is 10.3. The van der Waals surface area contributed by atoms with Crippen LogP contribution in [-0.2, 0) is 17.6 Å². The number of hydrogen-bond donors (Lipinski definition) is 1. The molecule has 0 saturated heterocycles. The van der Waals surface area contributed by atoms with Gasteiger partial charge in [0.1, 0.15) is 0 Å². The topological polar surface area (TPSA) is 47.6 Å². The zero-order valence-electron chi connectivity index (χ0n) is 14.6. The van der Waals surface area contributed by atoms with E-state index in [-0.39, 0.29) is 5.91 Å². The van der Waals surface area contributed by atoms with Crippen LogP contribution >= 0.6 is 0 Å². The number of carbonyl (C=O) groups is 1. The molecule has 0 aliphatic rings. The number of carbonyl (C=O) groups excluding carboxylic acids is 1. The fourth-order valence-electron chi connectivity index (χ4n) is 2.51. The Bertz CT molecular complexity index is 665. The van der Waals surface area contributed by atoms with Gasteiger partial charge in [0.15, 0.2) is 11.5 Å². The van der Waals surface area contributed by atoms with Crippen LogP contribution in [0.2, 0.25) is 0 Å². The predicted molar refractivity (Wildman–Crippen MR) is 95.8 cm³/mol. The minimum atomic E-state index is 0.0196. The average molecular weight is 327 g/mol. The Morgan fingerprint density at radius 2 is 1.62 bits per heavy atom. The highest BCUT2D eigenvalue weighted by atomic mass is 16.5. The monoisotopic (exact) mass is 327 g/mol. The quantitative estimate of drug-likeness (QED) is 0.757. The van der Waals surface area contributed by atoms with E-state index in [0.717, 1.165) is 18.4 Å². The van der Waals surface area contributed by atoms with Crippen LogP contribution in [0.15, 0.2) is 42.5 Å². The molecule has 1 N–H and O–H groups in total. The molecule has 2 aromatic rings. The zero-order valence-corrected chi connectivity index (χ0v) is 14.6. The minimum absolute atomic E-state index is 0.0196. The molecule has 0 aliphatic heterocycles. The molecule has 4 heteroatoms. The van der Waals surface area contributed by atoms with Crippen LogP contribution in [0.1, 0.15) is 23.1 Å². The molecule has 0 heterocycles. The number of benzene rings is 2. The van der Waals surface area contributed by atoms with Crippen LogP contribution < -0.4 is 14.8 Å². The van der Waals surface area contributed by atoms with Crippen molar-refractivity contribution in [2.75, 3.05) is 20.8 Å². The van der Waals surface area contributed by atoms with Crippen molar-refractivity contribution in [3.8, 4) is 11.5 Å². The van der Waals surface area contributed by atoms with Gasteiger partial charge in [0, 0.05) is 6.54 Å². The molecule has 0 bridgehead atoms. The molecule has 0 atom stereocenters. The third-order valence-corrected chi connectivity index (χ3v) is 3.90. The van der Waals surface area contributed by atoms with Crippen molar-refractivity contribution < 1.29 is 14.3 Å². The molecule has 0 aliphatic carbocycles. The van der Waals surface area contributed by atoms with E-state index in [1.54, 1.807) is 14.2 Å². The summed E-state index contributed by atoms with van der Waals surface area (Å²) in [5.41, 5.74) is 3.47. The van der Waals surface area contributed by atoms with Crippen LogP contribution in [0.4, 0.5) is 0 Å². The Hall–Kier alpha value is -2.49. The van der Waals surface area contributed by atoms with Gasteiger partial charge in [-0.15, -0.1) is 0 Å². The number of nitrogens with one attached hydrogen (secondary N) is 1. The fourth-order valence-corrected chi connectivity index (χ4v) is 2.51. The van der Waals surface area contributed by atoms with Crippen LogP contribution in [0.25, 0.3) is 0 Å². The minimum Gasteiger partial charge on any atom is -0.493 e. The highest BCUT2D eigenvalue weighted by molar-refractivity contribution is 5.78. The fraction of sp³-hybridized carbons (Fsp3) is 0.350. The molecule has 0 fully saturated rings. The zero-order chi connectivity index (χ0) is 17.4. The van der Waals surface area contributed by atoms with Crippen LogP contribution in [0, 0.1) is 6.92 Å². The molecule has 0 spiro atoms. The largest absolute Gasteiger partial charge is 0.493 e. The Morgan fingerprint density at radius 1 is 0.958 bits per heavy atom. The molecular weight excluding hydrogens is 302 g/mol. The predicted octanol–water partition coefficient (Wildman–Crippen LogP) is 3.30. The van der Waals surface area contributed by atoms with Crippen LogP contribution in [0.3, 0.4) is 0 Å². The number of rotatable bonds is 8. The van der Waals surface area contributed by atoms with Gasteiger partial charge < -0.3 is 14.8 Å². The smallest absolute Gasteiger partial charge is 0.224 e. The van der Waals surface area contributed by atoms with Crippen molar-refractivity contribution in [2.24, 2.45) is 0 Å². The number of amides is 1. The Balaban J connectivity index is 1.76.